The molecular formula is C13H23N5O2. The molecule has 0 radical (unpaired) electrons. The highest BCUT2D eigenvalue weighted by Crippen LogP contribution is 2.29. The van der Waals surface area contributed by atoms with Crippen LogP contribution in [0.25, 0.3) is 0 Å². The molecule has 2 atom stereocenters. The van der Waals surface area contributed by atoms with Crippen molar-refractivity contribution >= 4 is 5.95 Å². The molecule has 0 amide bonds. The monoisotopic (exact) mass is 281 g/mol. The van der Waals surface area contributed by atoms with E-state index in [1.54, 1.807) is 0 Å². The van der Waals surface area contributed by atoms with Crippen LogP contribution in [0.5, 0.6) is 12.0 Å². The number of ether oxygens (including phenoxy) is 2. The zero-order chi connectivity index (χ0) is 14.5. The molecule has 0 aliphatic heterocycles. The molecule has 1 aromatic heterocycles. The minimum Gasteiger partial charge on any atom is -0.467 e. The number of nitrogens with two attached hydrogens (primary N) is 1. The Labute approximate surface area is 119 Å². The van der Waals surface area contributed by atoms with Crippen molar-refractivity contribution in [2.45, 2.75) is 31.7 Å². The quantitative estimate of drug-likeness (QED) is 0.855. The fourth-order valence-corrected chi connectivity index (χ4v) is 2.79. The summed E-state index contributed by atoms with van der Waals surface area (Å²) >= 11 is 0. The van der Waals surface area contributed by atoms with Crippen LogP contribution >= 0.6 is 0 Å². The summed E-state index contributed by atoms with van der Waals surface area (Å²) < 4.78 is 10.2. The Morgan fingerprint density at radius 2 is 1.70 bits per heavy atom. The second-order valence-electron chi connectivity index (χ2n) is 5.07. The van der Waals surface area contributed by atoms with Crippen LogP contribution in [0, 0.1) is 5.92 Å². The minimum absolute atomic E-state index is 0.263. The van der Waals surface area contributed by atoms with Crippen LogP contribution < -0.4 is 20.1 Å². The van der Waals surface area contributed by atoms with Crippen LogP contribution in [0.15, 0.2) is 0 Å². The standard InChI is InChI=1S/C13H23N5O2/c1-18(10-7-5-4-6-9(10)8-14)11-15-12(19-2)17-13(16-11)20-3/h9-10H,4-8,14H2,1-3H3. The van der Waals surface area contributed by atoms with E-state index in [2.05, 4.69) is 19.9 Å². The molecule has 1 aliphatic carbocycles. The smallest absolute Gasteiger partial charge is 0.324 e. The third kappa shape index (κ3) is 3.09. The molecule has 1 aromatic rings. The van der Waals surface area contributed by atoms with Gasteiger partial charge in [-0.05, 0) is 25.3 Å². The molecule has 0 spiro atoms. The molecule has 2 rings (SSSR count). The number of hydrogen-bond donors (Lipinski definition) is 1. The molecule has 1 fully saturated rings. The van der Waals surface area contributed by atoms with Crippen LogP contribution in [0.3, 0.4) is 0 Å². The predicted molar refractivity (Wildman–Crippen MR) is 76.1 cm³/mol. The number of nitrogens with zero attached hydrogens (tertiary/aromatic N) is 4. The van der Waals surface area contributed by atoms with Crippen LogP contribution in [0.2, 0.25) is 0 Å². The van der Waals surface area contributed by atoms with Crippen LogP contribution in [-0.2, 0) is 0 Å². The van der Waals surface area contributed by atoms with E-state index in [9.17, 15) is 0 Å². The molecule has 0 saturated heterocycles. The van der Waals surface area contributed by atoms with E-state index in [0.717, 1.165) is 12.8 Å². The molecule has 2 N–H and O–H groups in total. The minimum atomic E-state index is 0.263. The van der Waals surface area contributed by atoms with Gasteiger partial charge in [-0.2, -0.15) is 9.97 Å². The Morgan fingerprint density at radius 1 is 1.10 bits per heavy atom. The van der Waals surface area contributed by atoms with Gasteiger partial charge in [-0.25, -0.2) is 0 Å². The number of anilines is 1. The summed E-state index contributed by atoms with van der Waals surface area (Å²) in [5.41, 5.74) is 5.89. The van der Waals surface area contributed by atoms with Gasteiger partial charge in [0.15, 0.2) is 0 Å². The van der Waals surface area contributed by atoms with Crippen molar-refractivity contribution in [2.24, 2.45) is 11.7 Å². The van der Waals surface area contributed by atoms with Crippen LogP contribution in [0.1, 0.15) is 25.7 Å². The molecule has 7 heteroatoms. The van der Waals surface area contributed by atoms with Gasteiger partial charge < -0.3 is 20.1 Å². The summed E-state index contributed by atoms with van der Waals surface area (Å²) in [7, 11) is 5.05. The van der Waals surface area contributed by atoms with Gasteiger partial charge in [0.05, 0.1) is 14.2 Å². The second kappa shape index (κ2) is 6.69. The van der Waals surface area contributed by atoms with E-state index >= 15 is 0 Å². The lowest BCUT2D eigenvalue weighted by Crippen LogP contribution is -2.44. The largest absolute Gasteiger partial charge is 0.467 e. The van der Waals surface area contributed by atoms with E-state index in [0.29, 0.717) is 24.5 Å². The Balaban J connectivity index is 2.24. The normalized spacial score (nSPS) is 22.4. The SMILES string of the molecule is COc1nc(OC)nc(N(C)C2CCCCC2CN)n1. The lowest BCUT2D eigenvalue weighted by molar-refractivity contribution is 0.300. The molecular weight excluding hydrogens is 258 g/mol. The number of methoxy groups -OCH3 is 2. The van der Waals surface area contributed by atoms with E-state index < -0.39 is 0 Å². The number of hydrogen-bond acceptors (Lipinski definition) is 7. The van der Waals surface area contributed by atoms with E-state index in [1.165, 1.54) is 27.1 Å². The van der Waals surface area contributed by atoms with Crippen molar-refractivity contribution in [1.29, 1.82) is 0 Å². The molecule has 2 unspecified atom stereocenters. The van der Waals surface area contributed by atoms with Gasteiger partial charge in [-0.3, -0.25) is 0 Å². The first-order valence-electron chi connectivity index (χ1n) is 6.96. The zero-order valence-electron chi connectivity index (χ0n) is 12.4. The summed E-state index contributed by atoms with van der Waals surface area (Å²) in [6.45, 7) is 0.689. The first-order chi connectivity index (χ1) is 9.69. The van der Waals surface area contributed by atoms with Crippen LogP contribution in [0.4, 0.5) is 5.95 Å². The van der Waals surface area contributed by atoms with E-state index in [1.807, 2.05) is 7.05 Å². The van der Waals surface area contributed by atoms with Crippen molar-refractivity contribution in [3.63, 3.8) is 0 Å². The maximum Gasteiger partial charge on any atom is 0.324 e. The summed E-state index contributed by atoms with van der Waals surface area (Å²) in [6.07, 6.45) is 4.72. The fourth-order valence-electron chi connectivity index (χ4n) is 2.79. The van der Waals surface area contributed by atoms with Crippen LogP contribution in [-0.4, -0.2) is 48.8 Å². The zero-order valence-corrected chi connectivity index (χ0v) is 12.4. The summed E-state index contributed by atoms with van der Waals surface area (Å²) in [6, 6.07) is 0.878. The van der Waals surface area contributed by atoms with Gasteiger partial charge in [0.2, 0.25) is 5.95 Å². The van der Waals surface area contributed by atoms with E-state index in [-0.39, 0.29) is 12.0 Å². The first kappa shape index (κ1) is 14.8. The molecule has 1 saturated carbocycles. The number of rotatable bonds is 5. The highest BCUT2D eigenvalue weighted by molar-refractivity contribution is 5.33. The fraction of sp³-hybridized carbons (Fsp3) is 0.769. The van der Waals surface area contributed by atoms with Gasteiger partial charge in [0, 0.05) is 13.1 Å². The molecule has 112 valence electrons. The molecule has 20 heavy (non-hydrogen) atoms. The number of aromatic nitrogens is 3. The topological polar surface area (TPSA) is 86.4 Å². The summed E-state index contributed by atoms with van der Waals surface area (Å²) in [5, 5.41) is 0. The Morgan fingerprint density at radius 3 is 2.25 bits per heavy atom. The lowest BCUT2D eigenvalue weighted by Gasteiger charge is -2.37. The Hall–Kier alpha value is -1.63. The average molecular weight is 281 g/mol. The van der Waals surface area contributed by atoms with Gasteiger partial charge in [-0.15, -0.1) is 4.98 Å². The highest BCUT2D eigenvalue weighted by atomic mass is 16.5. The third-order valence-corrected chi connectivity index (χ3v) is 3.93. The maximum absolute atomic E-state index is 5.89. The van der Waals surface area contributed by atoms with Gasteiger partial charge in [0.25, 0.3) is 0 Å². The average Bonchev–Trinajstić information content (AvgIpc) is 2.53. The van der Waals surface area contributed by atoms with Crippen molar-refractivity contribution in [3.05, 3.63) is 0 Å². The molecule has 1 aliphatic rings. The van der Waals surface area contributed by atoms with E-state index in [4.69, 9.17) is 15.2 Å². The van der Waals surface area contributed by atoms with Crippen molar-refractivity contribution in [2.75, 3.05) is 32.7 Å². The van der Waals surface area contributed by atoms with Gasteiger partial charge >= 0.3 is 12.0 Å². The first-order valence-corrected chi connectivity index (χ1v) is 6.96. The van der Waals surface area contributed by atoms with Crippen molar-refractivity contribution in [3.8, 4) is 12.0 Å². The summed E-state index contributed by atoms with van der Waals surface area (Å²) in [5.74, 6) is 1.04. The molecule has 1 heterocycles. The Kier molecular flexibility index (Phi) is 4.94. The molecule has 0 bridgehead atoms. The van der Waals surface area contributed by atoms with Crippen molar-refractivity contribution in [1.82, 2.24) is 15.0 Å². The second-order valence-corrected chi connectivity index (χ2v) is 5.07. The maximum atomic E-state index is 5.89. The highest BCUT2D eigenvalue weighted by Gasteiger charge is 2.29. The Bertz CT molecular complexity index is 421. The lowest BCUT2D eigenvalue weighted by atomic mass is 9.84. The van der Waals surface area contributed by atoms with Gasteiger partial charge in [-0.1, -0.05) is 12.8 Å². The summed E-state index contributed by atoms with van der Waals surface area (Å²) in [4.78, 5) is 14.7. The van der Waals surface area contributed by atoms with Crippen molar-refractivity contribution < 1.29 is 9.47 Å². The third-order valence-electron chi connectivity index (χ3n) is 3.93. The molecule has 7 nitrogen and oxygen atoms in total. The van der Waals surface area contributed by atoms with Gasteiger partial charge in [0.1, 0.15) is 0 Å². The predicted octanol–water partition coefficient (Wildman–Crippen LogP) is 0.842. The molecule has 0 aromatic carbocycles.